The molecule has 7 nitrogen and oxygen atoms in total. The number of rotatable bonds is 9. The number of nitrogens with zero attached hydrogens (tertiary/aromatic N) is 3. The largest absolute Gasteiger partial charge is 0.493 e. The van der Waals surface area contributed by atoms with Crippen LogP contribution in [0.5, 0.6) is 11.5 Å². The molecule has 4 rings (SSSR count). The van der Waals surface area contributed by atoms with E-state index in [9.17, 15) is 9.59 Å². The van der Waals surface area contributed by atoms with Crippen LogP contribution < -0.4 is 15.0 Å². The van der Waals surface area contributed by atoms with Crippen molar-refractivity contribution in [1.29, 1.82) is 0 Å². The molecule has 0 bridgehead atoms. The lowest BCUT2D eigenvalue weighted by Gasteiger charge is -2.18. The van der Waals surface area contributed by atoms with Gasteiger partial charge in [-0.05, 0) is 47.7 Å². The number of hydrogen-bond donors (Lipinski definition) is 0. The number of benzene rings is 2. The molecule has 0 aliphatic carbocycles. The summed E-state index contributed by atoms with van der Waals surface area (Å²) in [5.74, 6) is 1.48. The molecule has 0 unspecified atom stereocenters. The van der Waals surface area contributed by atoms with Gasteiger partial charge in [-0.2, -0.15) is 0 Å². The standard InChI is InChI=1S/C25H25N3O4S2/c1-27(13-11-17-9-10-20(31-2)21(15-17)32-3)22(29)16-34-25-26-23-19(12-14-33-23)24(30)28(25)18-7-5-4-6-8-18/h4-10,12,14-15H,11,13,16H2,1-3H3. The summed E-state index contributed by atoms with van der Waals surface area (Å²) in [6, 6.07) is 16.9. The zero-order chi connectivity index (χ0) is 24.1. The number of para-hydroxylation sites is 1. The van der Waals surface area contributed by atoms with Crippen LogP contribution >= 0.6 is 23.1 Å². The van der Waals surface area contributed by atoms with Crippen molar-refractivity contribution >= 4 is 39.2 Å². The second kappa shape index (κ2) is 10.8. The van der Waals surface area contributed by atoms with Crippen LogP contribution in [0, 0.1) is 0 Å². The number of likely N-dealkylation sites (N-methyl/N-ethyl adjacent to an activating group) is 1. The number of methoxy groups -OCH3 is 2. The molecule has 2 heterocycles. The highest BCUT2D eigenvalue weighted by Crippen LogP contribution is 2.28. The number of fused-ring (bicyclic) bond motifs is 1. The van der Waals surface area contributed by atoms with E-state index in [0.717, 1.165) is 11.3 Å². The summed E-state index contributed by atoms with van der Waals surface area (Å²) < 4.78 is 12.2. The van der Waals surface area contributed by atoms with Crippen molar-refractivity contribution in [3.05, 3.63) is 75.9 Å². The molecule has 0 N–H and O–H groups in total. The Morgan fingerprint density at radius 3 is 2.59 bits per heavy atom. The number of carbonyl (C=O) groups excluding carboxylic acids is 1. The summed E-state index contributed by atoms with van der Waals surface area (Å²) in [6.45, 7) is 0.553. The Labute approximate surface area is 206 Å². The van der Waals surface area contributed by atoms with Gasteiger partial charge in [-0.15, -0.1) is 11.3 Å². The number of aromatic nitrogens is 2. The van der Waals surface area contributed by atoms with Crippen LogP contribution in [0.15, 0.2) is 69.9 Å². The van der Waals surface area contributed by atoms with Crippen LogP contribution in [-0.4, -0.2) is 53.9 Å². The second-order valence-corrected chi connectivity index (χ2v) is 9.39. The molecule has 9 heteroatoms. The van der Waals surface area contributed by atoms with Crippen LogP contribution in [0.1, 0.15) is 5.56 Å². The number of carbonyl (C=O) groups is 1. The molecule has 0 spiro atoms. The van der Waals surface area contributed by atoms with E-state index < -0.39 is 0 Å². The number of thiophene rings is 1. The van der Waals surface area contributed by atoms with Gasteiger partial charge in [0.2, 0.25) is 5.91 Å². The lowest BCUT2D eigenvalue weighted by Crippen LogP contribution is -2.30. The molecule has 34 heavy (non-hydrogen) atoms. The first kappa shape index (κ1) is 23.8. The minimum absolute atomic E-state index is 0.0365. The maximum Gasteiger partial charge on any atom is 0.267 e. The van der Waals surface area contributed by atoms with E-state index in [4.69, 9.17) is 9.47 Å². The third-order valence-corrected chi connectivity index (χ3v) is 7.15. The lowest BCUT2D eigenvalue weighted by atomic mass is 10.1. The van der Waals surface area contributed by atoms with E-state index in [1.165, 1.54) is 23.1 Å². The SMILES string of the molecule is COc1ccc(CCN(C)C(=O)CSc2nc3sccc3c(=O)n2-c2ccccc2)cc1OC. The Balaban J connectivity index is 1.46. The van der Waals surface area contributed by atoms with Crippen molar-refractivity contribution in [2.45, 2.75) is 11.6 Å². The van der Waals surface area contributed by atoms with Gasteiger partial charge in [0.15, 0.2) is 16.7 Å². The van der Waals surface area contributed by atoms with Gasteiger partial charge in [-0.25, -0.2) is 4.98 Å². The summed E-state index contributed by atoms with van der Waals surface area (Å²) in [6.07, 6.45) is 0.682. The molecule has 0 fully saturated rings. The van der Waals surface area contributed by atoms with Crippen molar-refractivity contribution in [3.8, 4) is 17.2 Å². The Hall–Kier alpha value is -3.30. The molecule has 0 saturated carbocycles. The summed E-state index contributed by atoms with van der Waals surface area (Å²) in [5, 5.41) is 2.94. The number of thioether (sulfide) groups is 1. The van der Waals surface area contributed by atoms with E-state index in [2.05, 4.69) is 4.98 Å². The highest BCUT2D eigenvalue weighted by molar-refractivity contribution is 7.99. The fourth-order valence-corrected chi connectivity index (χ4v) is 5.25. The van der Waals surface area contributed by atoms with Crippen molar-refractivity contribution < 1.29 is 14.3 Å². The van der Waals surface area contributed by atoms with Gasteiger partial charge in [0.25, 0.3) is 5.56 Å². The molecule has 0 aliphatic heterocycles. The highest BCUT2D eigenvalue weighted by Gasteiger charge is 2.17. The molecule has 0 saturated heterocycles. The maximum atomic E-state index is 13.1. The van der Waals surface area contributed by atoms with Crippen molar-refractivity contribution in [2.75, 3.05) is 33.6 Å². The molecule has 0 aliphatic rings. The molecular formula is C25H25N3O4S2. The van der Waals surface area contributed by atoms with Gasteiger partial charge in [-0.1, -0.05) is 36.0 Å². The third kappa shape index (κ3) is 5.10. The molecule has 1 amide bonds. The van der Waals surface area contributed by atoms with Gasteiger partial charge in [0, 0.05) is 13.6 Å². The summed E-state index contributed by atoms with van der Waals surface area (Å²) in [7, 11) is 4.99. The zero-order valence-electron chi connectivity index (χ0n) is 19.2. The third-order valence-electron chi connectivity index (χ3n) is 5.42. The first-order valence-electron chi connectivity index (χ1n) is 10.6. The van der Waals surface area contributed by atoms with Crippen LogP contribution in [-0.2, 0) is 11.2 Å². The van der Waals surface area contributed by atoms with Crippen LogP contribution in [0.25, 0.3) is 15.9 Å². The minimum atomic E-state index is -0.130. The first-order valence-corrected chi connectivity index (χ1v) is 12.5. The summed E-state index contributed by atoms with van der Waals surface area (Å²) >= 11 is 2.69. The molecule has 0 atom stereocenters. The van der Waals surface area contributed by atoms with E-state index in [1.54, 1.807) is 36.8 Å². The number of ether oxygens (including phenoxy) is 2. The van der Waals surface area contributed by atoms with Gasteiger partial charge in [0.1, 0.15) is 4.83 Å². The number of hydrogen-bond acceptors (Lipinski definition) is 7. The van der Waals surface area contributed by atoms with Crippen molar-refractivity contribution in [1.82, 2.24) is 14.5 Å². The van der Waals surface area contributed by atoms with Crippen LogP contribution in [0.4, 0.5) is 0 Å². The predicted octanol–water partition coefficient (Wildman–Crippen LogP) is 4.26. The van der Waals surface area contributed by atoms with Crippen molar-refractivity contribution in [3.63, 3.8) is 0 Å². The Morgan fingerprint density at radius 1 is 1.09 bits per heavy atom. The monoisotopic (exact) mass is 495 g/mol. The minimum Gasteiger partial charge on any atom is -0.493 e. The molecule has 176 valence electrons. The van der Waals surface area contributed by atoms with E-state index in [-0.39, 0.29) is 17.2 Å². The molecule has 2 aromatic carbocycles. The average molecular weight is 496 g/mol. The second-order valence-electron chi connectivity index (χ2n) is 7.55. The maximum absolute atomic E-state index is 13.1. The molecule has 2 aromatic heterocycles. The van der Waals surface area contributed by atoms with Crippen LogP contribution in [0.3, 0.4) is 0 Å². The topological polar surface area (TPSA) is 73.7 Å². The van der Waals surface area contributed by atoms with E-state index in [1.807, 2.05) is 53.9 Å². The van der Waals surface area contributed by atoms with E-state index in [0.29, 0.717) is 39.8 Å². The fraction of sp³-hybridized carbons (Fsp3) is 0.240. The fourth-order valence-electron chi connectivity index (χ4n) is 3.49. The van der Waals surface area contributed by atoms with Gasteiger partial charge in [-0.3, -0.25) is 14.2 Å². The Bertz CT molecular complexity index is 1350. The zero-order valence-corrected chi connectivity index (χ0v) is 20.8. The number of amides is 1. The predicted molar refractivity (Wildman–Crippen MR) is 137 cm³/mol. The van der Waals surface area contributed by atoms with E-state index >= 15 is 0 Å². The van der Waals surface area contributed by atoms with Gasteiger partial charge in [0.05, 0.1) is 31.0 Å². The average Bonchev–Trinajstić information content (AvgIpc) is 3.35. The molecular weight excluding hydrogens is 470 g/mol. The van der Waals surface area contributed by atoms with Gasteiger partial charge >= 0.3 is 0 Å². The smallest absolute Gasteiger partial charge is 0.267 e. The first-order chi connectivity index (χ1) is 16.5. The van der Waals surface area contributed by atoms with Crippen LogP contribution in [0.2, 0.25) is 0 Å². The normalized spacial score (nSPS) is 10.9. The lowest BCUT2D eigenvalue weighted by molar-refractivity contribution is -0.127. The molecule has 0 radical (unpaired) electrons. The summed E-state index contributed by atoms with van der Waals surface area (Å²) in [5.41, 5.74) is 1.65. The quantitative estimate of drug-likeness (QED) is 0.255. The Kier molecular flexibility index (Phi) is 7.54. The molecule has 4 aromatic rings. The van der Waals surface area contributed by atoms with Crippen molar-refractivity contribution in [2.24, 2.45) is 0 Å². The summed E-state index contributed by atoms with van der Waals surface area (Å²) in [4.78, 5) is 33.1. The highest BCUT2D eigenvalue weighted by atomic mass is 32.2. The van der Waals surface area contributed by atoms with Gasteiger partial charge < -0.3 is 14.4 Å². The Morgan fingerprint density at radius 2 is 1.85 bits per heavy atom.